The number of allylic oxidation sites excluding steroid dienone is 2. The summed E-state index contributed by atoms with van der Waals surface area (Å²) in [7, 11) is 0. The van der Waals surface area contributed by atoms with E-state index < -0.39 is 4.92 Å². The number of benzene rings is 2. The van der Waals surface area contributed by atoms with Gasteiger partial charge in [0.15, 0.2) is 5.78 Å². The number of hydrogen-bond donors (Lipinski definition) is 1. The number of rotatable bonds is 3. The third-order valence-electron chi connectivity index (χ3n) is 3.29. The number of nitro groups is 1. The molecular formula is C16H10N2O4. The number of fused-ring (bicyclic) bond motifs is 1. The van der Waals surface area contributed by atoms with Crippen LogP contribution in [0, 0.1) is 10.1 Å². The van der Waals surface area contributed by atoms with Crippen molar-refractivity contribution in [2.75, 3.05) is 5.32 Å². The van der Waals surface area contributed by atoms with Gasteiger partial charge in [0.2, 0.25) is 5.78 Å². The molecule has 1 aliphatic carbocycles. The molecule has 0 aromatic heterocycles. The predicted molar refractivity (Wildman–Crippen MR) is 79.9 cm³/mol. The molecule has 0 radical (unpaired) electrons. The molecule has 2 aromatic rings. The summed E-state index contributed by atoms with van der Waals surface area (Å²) in [4.78, 5) is 34.6. The molecule has 6 nitrogen and oxygen atoms in total. The Balaban J connectivity index is 1.94. The summed E-state index contributed by atoms with van der Waals surface area (Å²) < 4.78 is 0. The third-order valence-corrected chi connectivity index (χ3v) is 3.29. The van der Waals surface area contributed by atoms with Gasteiger partial charge in [-0.1, -0.05) is 30.3 Å². The summed E-state index contributed by atoms with van der Waals surface area (Å²) in [5.41, 5.74) is 1.06. The van der Waals surface area contributed by atoms with Crippen LogP contribution in [-0.4, -0.2) is 16.5 Å². The van der Waals surface area contributed by atoms with Crippen LogP contribution in [0.5, 0.6) is 0 Å². The second kappa shape index (κ2) is 5.25. The highest BCUT2D eigenvalue weighted by molar-refractivity contribution is 6.25. The molecule has 0 fully saturated rings. The van der Waals surface area contributed by atoms with Gasteiger partial charge >= 0.3 is 0 Å². The van der Waals surface area contributed by atoms with Gasteiger partial charge in [-0.15, -0.1) is 0 Å². The first-order valence-corrected chi connectivity index (χ1v) is 6.47. The molecule has 0 aliphatic heterocycles. The summed E-state index contributed by atoms with van der Waals surface area (Å²) in [5.74, 6) is -0.593. The maximum atomic E-state index is 12.4. The fourth-order valence-electron chi connectivity index (χ4n) is 2.26. The van der Waals surface area contributed by atoms with Crippen LogP contribution in [-0.2, 0) is 0 Å². The standard InChI is InChI=1S/C16H10N2O4/c19-15-9-14(16(20)13-7-2-1-6-12(13)15)17-10-4-3-5-11(8-10)18(21)22/h1-9,17H. The molecule has 1 N–H and O–H groups in total. The first kappa shape index (κ1) is 13.7. The molecule has 22 heavy (non-hydrogen) atoms. The monoisotopic (exact) mass is 294 g/mol. The first-order valence-electron chi connectivity index (χ1n) is 6.47. The van der Waals surface area contributed by atoms with E-state index in [0.29, 0.717) is 16.8 Å². The number of Topliss-reactive ketones (excluding diaryl/α,β-unsaturated/α-hetero) is 1. The molecule has 0 amide bonds. The number of ketones is 2. The molecule has 108 valence electrons. The first-order chi connectivity index (χ1) is 10.6. The van der Waals surface area contributed by atoms with E-state index in [2.05, 4.69) is 5.32 Å². The highest BCUT2D eigenvalue weighted by Crippen LogP contribution is 2.24. The zero-order valence-electron chi connectivity index (χ0n) is 11.3. The van der Waals surface area contributed by atoms with Crippen molar-refractivity contribution < 1.29 is 14.5 Å². The predicted octanol–water partition coefficient (Wildman–Crippen LogP) is 2.97. The van der Waals surface area contributed by atoms with Gasteiger partial charge in [-0.25, -0.2) is 0 Å². The molecular weight excluding hydrogens is 284 g/mol. The van der Waals surface area contributed by atoms with E-state index in [1.807, 2.05) is 0 Å². The molecule has 3 rings (SSSR count). The Morgan fingerprint density at radius 2 is 1.68 bits per heavy atom. The minimum absolute atomic E-state index is 0.0967. The molecule has 2 aromatic carbocycles. The van der Waals surface area contributed by atoms with Gasteiger partial charge in [-0.05, 0) is 6.07 Å². The van der Waals surface area contributed by atoms with Crippen LogP contribution in [0.3, 0.4) is 0 Å². The zero-order valence-corrected chi connectivity index (χ0v) is 11.3. The van der Waals surface area contributed by atoms with Crippen molar-refractivity contribution in [2.24, 2.45) is 0 Å². The van der Waals surface area contributed by atoms with E-state index in [9.17, 15) is 19.7 Å². The van der Waals surface area contributed by atoms with Gasteiger partial charge < -0.3 is 5.32 Å². The van der Waals surface area contributed by atoms with Crippen molar-refractivity contribution in [2.45, 2.75) is 0 Å². The number of carbonyl (C=O) groups excluding carboxylic acids is 2. The topological polar surface area (TPSA) is 89.3 Å². The van der Waals surface area contributed by atoms with E-state index in [1.165, 1.54) is 24.3 Å². The quantitative estimate of drug-likeness (QED) is 0.694. The summed E-state index contributed by atoms with van der Waals surface area (Å²) in [5, 5.41) is 13.6. The minimum atomic E-state index is -0.525. The van der Waals surface area contributed by atoms with E-state index >= 15 is 0 Å². The molecule has 0 saturated carbocycles. The highest BCUT2D eigenvalue weighted by atomic mass is 16.6. The number of non-ortho nitro benzene ring substituents is 1. The lowest BCUT2D eigenvalue weighted by atomic mass is 9.92. The Hall–Kier alpha value is -3.28. The molecule has 0 unspecified atom stereocenters. The third kappa shape index (κ3) is 2.37. The maximum absolute atomic E-state index is 12.4. The summed E-state index contributed by atoms with van der Waals surface area (Å²) in [6.45, 7) is 0. The number of anilines is 1. The Morgan fingerprint density at radius 3 is 2.41 bits per heavy atom. The van der Waals surface area contributed by atoms with Crippen LogP contribution in [0.15, 0.2) is 60.3 Å². The summed E-state index contributed by atoms with van der Waals surface area (Å²) >= 11 is 0. The molecule has 1 aliphatic rings. The second-order valence-electron chi connectivity index (χ2n) is 4.73. The van der Waals surface area contributed by atoms with Gasteiger partial charge in [0.1, 0.15) is 0 Å². The normalized spacial score (nSPS) is 13.4. The molecule has 0 spiro atoms. The van der Waals surface area contributed by atoms with Crippen LogP contribution in [0.1, 0.15) is 20.7 Å². The summed E-state index contributed by atoms with van der Waals surface area (Å²) in [6, 6.07) is 12.3. The van der Waals surface area contributed by atoms with Crippen LogP contribution < -0.4 is 5.32 Å². The fraction of sp³-hybridized carbons (Fsp3) is 0. The van der Waals surface area contributed by atoms with Gasteiger partial charge in [-0.3, -0.25) is 19.7 Å². The number of nitro benzene ring substituents is 1. The van der Waals surface area contributed by atoms with Crippen molar-refractivity contribution in [3.63, 3.8) is 0 Å². The Bertz CT molecular complexity index is 840. The Kier molecular flexibility index (Phi) is 3.27. The number of nitrogens with one attached hydrogen (secondary N) is 1. The lowest BCUT2D eigenvalue weighted by Gasteiger charge is -2.16. The van der Waals surface area contributed by atoms with E-state index in [1.54, 1.807) is 30.3 Å². The Labute approximate surface area is 125 Å². The molecule has 0 saturated heterocycles. The van der Waals surface area contributed by atoms with Crippen LogP contribution >= 0.6 is 0 Å². The number of carbonyl (C=O) groups is 2. The lowest BCUT2D eigenvalue weighted by Crippen LogP contribution is -2.21. The van der Waals surface area contributed by atoms with Gasteiger partial charge in [0.05, 0.1) is 10.6 Å². The SMILES string of the molecule is O=C1C=C(Nc2cccc([N+](=O)[O-])c2)C(=O)c2ccccc21. The van der Waals surface area contributed by atoms with Crippen LogP contribution in [0.4, 0.5) is 11.4 Å². The fourth-order valence-corrected chi connectivity index (χ4v) is 2.26. The van der Waals surface area contributed by atoms with Gasteiger partial charge in [0, 0.05) is 35.0 Å². The second-order valence-corrected chi connectivity index (χ2v) is 4.73. The van der Waals surface area contributed by atoms with Crippen molar-refractivity contribution in [1.29, 1.82) is 0 Å². The molecule has 0 bridgehead atoms. The minimum Gasteiger partial charge on any atom is -0.352 e. The molecule has 0 atom stereocenters. The maximum Gasteiger partial charge on any atom is 0.271 e. The van der Waals surface area contributed by atoms with E-state index in [-0.39, 0.29) is 23.0 Å². The van der Waals surface area contributed by atoms with Crippen molar-refractivity contribution >= 4 is 22.9 Å². The van der Waals surface area contributed by atoms with Crippen molar-refractivity contribution in [3.8, 4) is 0 Å². The lowest BCUT2D eigenvalue weighted by molar-refractivity contribution is -0.384. The summed E-state index contributed by atoms with van der Waals surface area (Å²) in [6.07, 6.45) is 1.21. The molecule has 6 heteroatoms. The van der Waals surface area contributed by atoms with E-state index in [4.69, 9.17) is 0 Å². The van der Waals surface area contributed by atoms with Crippen LogP contribution in [0.25, 0.3) is 0 Å². The smallest absolute Gasteiger partial charge is 0.271 e. The van der Waals surface area contributed by atoms with Gasteiger partial charge in [0.25, 0.3) is 5.69 Å². The Morgan fingerprint density at radius 1 is 0.955 bits per heavy atom. The van der Waals surface area contributed by atoms with Gasteiger partial charge in [-0.2, -0.15) is 0 Å². The van der Waals surface area contributed by atoms with E-state index in [0.717, 1.165) is 0 Å². The molecule has 0 heterocycles. The average Bonchev–Trinajstić information content (AvgIpc) is 2.52. The number of hydrogen-bond acceptors (Lipinski definition) is 5. The number of nitrogens with zero attached hydrogens (tertiary/aromatic N) is 1. The van der Waals surface area contributed by atoms with Crippen LogP contribution in [0.2, 0.25) is 0 Å². The zero-order chi connectivity index (χ0) is 15.7. The average molecular weight is 294 g/mol. The highest BCUT2D eigenvalue weighted by Gasteiger charge is 2.25. The van der Waals surface area contributed by atoms with Crippen molar-refractivity contribution in [1.82, 2.24) is 0 Å². The van der Waals surface area contributed by atoms with Crippen molar-refractivity contribution in [3.05, 3.63) is 81.5 Å². The largest absolute Gasteiger partial charge is 0.352 e.